The van der Waals surface area contributed by atoms with Crippen LogP contribution in [0, 0.1) is 0 Å². The highest BCUT2D eigenvalue weighted by Gasteiger charge is 2.63. The molecule has 2 aliphatic heterocycles. The quantitative estimate of drug-likeness (QED) is 0.782. The van der Waals surface area contributed by atoms with Crippen LogP contribution in [0.15, 0.2) is 0 Å². The molecular formula is C14H22N2O4S. The lowest BCUT2D eigenvalue weighted by Gasteiger charge is -2.44. The monoisotopic (exact) mass is 314 g/mol. The van der Waals surface area contributed by atoms with Gasteiger partial charge in [0, 0.05) is 4.75 Å². The zero-order valence-electron chi connectivity index (χ0n) is 13.2. The fourth-order valence-electron chi connectivity index (χ4n) is 2.85. The number of Topliss-reactive ketones (excluding diaryl/α,β-unsaturated/α-hetero) is 1. The van der Waals surface area contributed by atoms with E-state index >= 15 is 0 Å². The summed E-state index contributed by atoms with van der Waals surface area (Å²) in [5.74, 6) is -0.247. The Hall–Kier alpha value is -1.24. The molecule has 6 nitrogen and oxygen atoms in total. The summed E-state index contributed by atoms with van der Waals surface area (Å²) >= 11 is 1.54. The van der Waals surface area contributed by atoms with Gasteiger partial charge in [-0.2, -0.15) is 0 Å². The third-order valence-electron chi connectivity index (χ3n) is 3.50. The van der Waals surface area contributed by atoms with E-state index in [0.29, 0.717) is 0 Å². The first-order valence-corrected chi connectivity index (χ1v) is 7.82. The number of fused-ring (bicyclic) bond motifs is 1. The number of hydrogen-bond acceptors (Lipinski definition) is 5. The Morgan fingerprint density at radius 2 is 1.90 bits per heavy atom. The molecule has 1 N–H and O–H groups in total. The molecule has 0 aliphatic carbocycles. The summed E-state index contributed by atoms with van der Waals surface area (Å²) in [5, 5.41) is 2.41. The van der Waals surface area contributed by atoms with Gasteiger partial charge in [-0.3, -0.25) is 9.59 Å². The van der Waals surface area contributed by atoms with Crippen molar-refractivity contribution >= 4 is 29.5 Å². The Morgan fingerprint density at radius 1 is 1.33 bits per heavy atom. The van der Waals surface area contributed by atoms with Crippen molar-refractivity contribution in [2.75, 3.05) is 0 Å². The van der Waals surface area contributed by atoms with Crippen LogP contribution in [0.3, 0.4) is 0 Å². The first-order chi connectivity index (χ1) is 9.44. The number of hydrogen-bond donors (Lipinski definition) is 1. The predicted molar refractivity (Wildman–Crippen MR) is 79.9 cm³/mol. The number of β-lactam (4-membered cyclic amide) rings is 1. The first-order valence-electron chi connectivity index (χ1n) is 6.94. The maximum absolute atomic E-state index is 12.2. The van der Waals surface area contributed by atoms with Gasteiger partial charge in [0.1, 0.15) is 23.1 Å². The fraction of sp³-hybridized carbons (Fsp3) is 0.786. The molecule has 2 amide bonds. The van der Waals surface area contributed by atoms with E-state index in [2.05, 4.69) is 5.32 Å². The first kappa shape index (κ1) is 16.1. The number of thioether (sulfide) groups is 1. The topological polar surface area (TPSA) is 75.7 Å². The molecule has 2 rings (SSSR count). The molecule has 0 radical (unpaired) electrons. The minimum Gasteiger partial charge on any atom is -0.444 e. The molecule has 0 aromatic heterocycles. The summed E-state index contributed by atoms with van der Waals surface area (Å²) in [6.45, 7) is 10.7. The van der Waals surface area contributed by atoms with Gasteiger partial charge in [0.05, 0.1) is 0 Å². The zero-order valence-corrected chi connectivity index (χ0v) is 14.0. The summed E-state index contributed by atoms with van der Waals surface area (Å²) in [6, 6.07) is -1.05. The largest absolute Gasteiger partial charge is 0.444 e. The smallest absolute Gasteiger partial charge is 0.408 e. The van der Waals surface area contributed by atoms with Gasteiger partial charge in [0.2, 0.25) is 5.91 Å². The van der Waals surface area contributed by atoms with Crippen molar-refractivity contribution in [2.45, 2.75) is 69.3 Å². The van der Waals surface area contributed by atoms with Crippen LogP contribution in [0.2, 0.25) is 0 Å². The third-order valence-corrected chi connectivity index (χ3v) is 5.07. The van der Waals surface area contributed by atoms with E-state index < -0.39 is 23.8 Å². The maximum atomic E-state index is 12.2. The van der Waals surface area contributed by atoms with E-state index in [-0.39, 0.29) is 21.8 Å². The number of nitrogens with one attached hydrogen (secondary N) is 1. The van der Waals surface area contributed by atoms with Crippen molar-refractivity contribution in [1.29, 1.82) is 0 Å². The molecule has 2 saturated heterocycles. The number of rotatable bonds is 2. The second kappa shape index (κ2) is 4.90. The van der Waals surface area contributed by atoms with Crippen LogP contribution in [-0.4, -0.2) is 50.5 Å². The molecule has 118 valence electrons. The number of ether oxygens (including phenoxy) is 1. The van der Waals surface area contributed by atoms with Gasteiger partial charge in [-0.05, 0) is 41.5 Å². The van der Waals surface area contributed by atoms with E-state index in [1.165, 1.54) is 18.7 Å². The van der Waals surface area contributed by atoms with Gasteiger partial charge >= 0.3 is 6.09 Å². The van der Waals surface area contributed by atoms with Gasteiger partial charge in [-0.15, -0.1) is 11.8 Å². The van der Waals surface area contributed by atoms with E-state index in [1.807, 2.05) is 13.8 Å². The number of alkyl carbamates (subject to hydrolysis) is 1. The molecule has 0 aromatic carbocycles. The van der Waals surface area contributed by atoms with Crippen LogP contribution >= 0.6 is 11.8 Å². The summed E-state index contributed by atoms with van der Waals surface area (Å²) < 4.78 is 4.82. The van der Waals surface area contributed by atoms with Crippen LogP contribution in [0.25, 0.3) is 0 Å². The molecule has 2 aliphatic rings. The summed E-state index contributed by atoms with van der Waals surface area (Å²) in [5.41, 5.74) is -0.611. The summed E-state index contributed by atoms with van der Waals surface area (Å²) in [6.07, 6.45) is -0.606. The fourth-order valence-corrected chi connectivity index (χ4v) is 4.54. The van der Waals surface area contributed by atoms with Crippen LogP contribution in [0.1, 0.15) is 41.5 Å². The van der Waals surface area contributed by atoms with E-state index in [0.717, 1.165) is 0 Å². The molecule has 3 atom stereocenters. The number of amides is 2. The van der Waals surface area contributed by atoms with Crippen molar-refractivity contribution in [1.82, 2.24) is 10.2 Å². The molecule has 0 bridgehead atoms. The Kier molecular flexibility index (Phi) is 3.76. The minimum absolute atomic E-state index is 0.0286. The molecule has 2 fully saturated rings. The van der Waals surface area contributed by atoms with E-state index in [1.54, 1.807) is 25.7 Å². The Balaban J connectivity index is 2.06. The molecule has 21 heavy (non-hydrogen) atoms. The van der Waals surface area contributed by atoms with Gasteiger partial charge < -0.3 is 15.0 Å². The Bertz CT molecular complexity index is 498. The Morgan fingerprint density at radius 3 is 2.38 bits per heavy atom. The van der Waals surface area contributed by atoms with Crippen LogP contribution < -0.4 is 5.32 Å². The Labute approximate surface area is 129 Å². The highest BCUT2D eigenvalue weighted by Crippen LogP contribution is 2.50. The molecule has 0 aromatic rings. The lowest BCUT2D eigenvalue weighted by Crippen LogP contribution is -2.70. The van der Waals surface area contributed by atoms with Gasteiger partial charge in [-0.1, -0.05) is 0 Å². The predicted octanol–water partition coefficient (Wildman–Crippen LogP) is 1.53. The third kappa shape index (κ3) is 2.88. The SMILES string of the molecule is CC(=O)[C@@H]1N2C(=O)C(NC(=O)OC(C)(C)C)C2SC1(C)C. The number of nitrogens with zero attached hydrogens (tertiary/aromatic N) is 1. The zero-order chi connectivity index (χ0) is 16.2. The molecule has 2 unspecified atom stereocenters. The highest BCUT2D eigenvalue weighted by atomic mass is 32.2. The highest BCUT2D eigenvalue weighted by molar-refractivity contribution is 8.01. The van der Waals surface area contributed by atoms with Crippen molar-refractivity contribution in [3.63, 3.8) is 0 Å². The molecule has 0 spiro atoms. The average molecular weight is 314 g/mol. The lowest BCUT2D eigenvalue weighted by atomic mass is 9.93. The van der Waals surface area contributed by atoms with E-state index in [9.17, 15) is 14.4 Å². The van der Waals surface area contributed by atoms with Crippen molar-refractivity contribution in [2.24, 2.45) is 0 Å². The van der Waals surface area contributed by atoms with Crippen molar-refractivity contribution in [3.8, 4) is 0 Å². The van der Waals surface area contributed by atoms with Gasteiger partial charge in [0.25, 0.3) is 0 Å². The van der Waals surface area contributed by atoms with Crippen molar-refractivity contribution in [3.05, 3.63) is 0 Å². The number of carbonyl (C=O) groups is 3. The molecule has 7 heteroatoms. The van der Waals surface area contributed by atoms with Crippen LogP contribution in [-0.2, 0) is 14.3 Å². The van der Waals surface area contributed by atoms with Gasteiger partial charge in [0.15, 0.2) is 5.78 Å². The molecular weight excluding hydrogens is 292 g/mol. The van der Waals surface area contributed by atoms with Crippen molar-refractivity contribution < 1.29 is 19.1 Å². The summed E-state index contributed by atoms with van der Waals surface area (Å²) in [4.78, 5) is 37.4. The van der Waals surface area contributed by atoms with Crippen LogP contribution in [0.4, 0.5) is 4.79 Å². The summed E-state index contributed by atoms with van der Waals surface area (Å²) in [7, 11) is 0. The van der Waals surface area contributed by atoms with E-state index in [4.69, 9.17) is 4.74 Å². The molecule has 0 saturated carbocycles. The number of carbonyl (C=O) groups excluding carboxylic acids is 3. The normalized spacial score (nSPS) is 30.5. The minimum atomic E-state index is -0.617. The number of ketones is 1. The van der Waals surface area contributed by atoms with Gasteiger partial charge in [-0.25, -0.2) is 4.79 Å². The second-order valence-corrected chi connectivity index (χ2v) is 8.77. The second-order valence-electron chi connectivity index (χ2n) is 6.99. The standard InChI is InChI=1S/C14H22N2O4S/c1-7(17)9-14(5,6)21-11-8(10(18)16(9)11)15-12(19)20-13(2,3)4/h8-9,11H,1-6H3,(H,15,19)/t8?,9-,11?/m0/s1. The maximum Gasteiger partial charge on any atom is 0.408 e. The average Bonchev–Trinajstić information content (AvgIpc) is 2.52. The molecule has 2 heterocycles. The van der Waals surface area contributed by atoms with Crippen LogP contribution in [0.5, 0.6) is 0 Å². The lowest BCUT2D eigenvalue weighted by molar-refractivity contribution is -0.152.